The molecular weight excluding hydrogens is 302 g/mol. The van der Waals surface area contributed by atoms with E-state index in [1.807, 2.05) is 11.0 Å². The fourth-order valence-electron chi connectivity index (χ4n) is 3.67. The van der Waals surface area contributed by atoms with Crippen LogP contribution in [0.4, 0.5) is 0 Å². The molecule has 1 aliphatic heterocycles. The average Bonchev–Trinajstić information content (AvgIpc) is 3.28. The Labute approximate surface area is 143 Å². The summed E-state index contributed by atoms with van der Waals surface area (Å²) < 4.78 is 0. The van der Waals surface area contributed by atoms with Crippen molar-refractivity contribution >= 4 is 11.8 Å². The van der Waals surface area contributed by atoms with Crippen LogP contribution in [-0.4, -0.2) is 41.9 Å². The molecule has 5 nitrogen and oxygen atoms in total. The zero-order valence-corrected chi connectivity index (χ0v) is 14.4. The molecule has 1 aromatic carbocycles. The van der Waals surface area contributed by atoms with E-state index in [1.165, 1.54) is 11.1 Å². The van der Waals surface area contributed by atoms with E-state index in [-0.39, 0.29) is 29.8 Å². The summed E-state index contributed by atoms with van der Waals surface area (Å²) in [6.07, 6.45) is 4.83. The molecule has 1 aromatic rings. The Kier molecular flexibility index (Phi) is 4.90. The van der Waals surface area contributed by atoms with Crippen molar-refractivity contribution in [1.82, 2.24) is 10.2 Å². The number of nitrogens with two attached hydrogens (primary N) is 1. The summed E-state index contributed by atoms with van der Waals surface area (Å²) in [7, 11) is 0. The number of amides is 2. The van der Waals surface area contributed by atoms with Gasteiger partial charge in [0.25, 0.3) is 0 Å². The highest BCUT2D eigenvalue weighted by molar-refractivity contribution is 5.80. The molecule has 1 unspecified atom stereocenters. The second-order valence-corrected chi connectivity index (χ2v) is 7.41. The zero-order chi connectivity index (χ0) is 17.2. The smallest absolute Gasteiger partial charge is 0.231 e. The maximum Gasteiger partial charge on any atom is 0.231 e. The number of hydrogen-bond acceptors (Lipinski definition) is 3. The highest BCUT2D eigenvalue weighted by Crippen LogP contribution is 2.39. The fraction of sp³-hybridized carbons (Fsp3) is 0.579. The molecule has 5 heteroatoms. The number of carbonyl (C=O) groups is 2. The molecule has 3 rings (SSSR count). The van der Waals surface area contributed by atoms with E-state index in [4.69, 9.17) is 5.73 Å². The molecule has 1 saturated carbocycles. The number of nitrogens with zero attached hydrogens (tertiary/aromatic N) is 1. The predicted octanol–water partition coefficient (Wildman–Crippen LogP) is 1.38. The minimum Gasteiger partial charge on any atom is -0.369 e. The van der Waals surface area contributed by atoms with Gasteiger partial charge in [-0.1, -0.05) is 24.3 Å². The van der Waals surface area contributed by atoms with E-state index in [1.54, 1.807) is 0 Å². The van der Waals surface area contributed by atoms with Crippen LogP contribution in [0.15, 0.2) is 24.3 Å². The molecule has 24 heavy (non-hydrogen) atoms. The lowest BCUT2D eigenvalue weighted by Crippen LogP contribution is -2.49. The van der Waals surface area contributed by atoms with Crippen LogP contribution in [0.5, 0.6) is 0 Å². The molecule has 1 saturated heterocycles. The molecule has 0 bridgehead atoms. The Hall–Kier alpha value is -1.88. The third-order valence-corrected chi connectivity index (χ3v) is 5.29. The molecule has 1 heterocycles. The molecule has 2 amide bonds. The summed E-state index contributed by atoms with van der Waals surface area (Å²) in [6, 6.07) is 8.38. The average molecular weight is 329 g/mol. The Morgan fingerprint density at radius 2 is 2.08 bits per heavy atom. The molecule has 1 atom stereocenters. The first-order chi connectivity index (χ1) is 11.5. The maximum atomic E-state index is 12.7. The number of likely N-dealkylation sites (tertiary alicyclic amines) is 1. The Morgan fingerprint density at radius 1 is 1.33 bits per heavy atom. The topological polar surface area (TPSA) is 75.4 Å². The summed E-state index contributed by atoms with van der Waals surface area (Å²) in [5.74, 6) is -0.225. The quantitative estimate of drug-likeness (QED) is 0.828. The summed E-state index contributed by atoms with van der Waals surface area (Å²) >= 11 is 0. The van der Waals surface area contributed by atoms with Crippen molar-refractivity contribution < 1.29 is 9.59 Å². The van der Waals surface area contributed by atoms with E-state index in [0.717, 1.165) is 38.6 Å². The van der Waals surface area contributed by atoms with E-state index in [9.17, 15) is 9.59 Å². The van der Waals surface area contributed by atoms with Gasteiger partial charge in [-0.15, -0.1) is 0 Å². The van der Waals surface area contributed by atoms with Gasteiger partial charge in [-0.2, -0.15) is 0 Å². The van der Waals surface area contributed by atoms with Crippen LogP contribution in [0.3, 0.4) is 0 Å². The van der Waals surface area contributed by atoms with Gasteiger partial charge in [0.15, 0.2) is 0 Å². The largest absolute Gasteiger partial charge is 0.369 e. The van der Waals surface area contributed by atoms with Crippen molar-refractivity contribution in [2.75, 3.05) is 19.6 Å². The lowest BCUT2D eigenvalue weighted by molar-refractivity contribution is -0.129. The van der Waals surface area contributed by atoms with Crippen LogP contribution in [0.2, 0.25) is 0 Å². The van der Waals surface area contributed by atoms with Crippen LogP contribution in [-0.2, 0) is 16.0 Å². The number of benzene rings is 1. The Morgan fingerprint density at radius 3 is 2.75 bits per heavy atom. The number of carbonyl (C=O) groups excluding carboxylic acids is 2. The van der Waals surface area contributed by atoms with Crippen LogP contribution in [0, 0.1) is 12.8 Å². The number of nitrogens with one attached hydrogen (secondary N) is 1. The lowest BCUT2D eigenvalue weighted by Gasteiger charge is -2.32. The first-order valence-corrected chi connectivity index (χ1v) is 8.85. The summed E-state index contributed by atoms with van der Waals surface area (Å²) in [4.78, 5) is 25.8. The second kappa shape index (κ2) is 6.93. The van der Waals surface area contributed by atoms with Crippen molar-refractivity contribution in [2.45, 2.75) is 44.6 Å². The summed E-state index contributed by atoms with van der Waals surface area (Å²) in [5.41, 5.74) is 7.81. The van der Waals surface area contributed by atoms with Crippen molar-refractivity contribution in [2.24, 2.45) is 11.7 Å². The molecule has 0 aromatic heterocycles. The first-order valence-electron chi connectivity index (χ1n) is 8.85. The number of rotatable bonds is 6. The molecule has 3 N–H and O–H groups in total. The number of piperidine rings is 1. The molecule has 2 fully saturated rings. The van der Waals surface area contributed by atoms with Gasteiger partial charge in [0.2, 0.25) is 11.8 Å². The predicted molar refractivity (Wildman–Crippen MR) is 93.3 cm³/mol. The third kappa shape index (κ3) is 4.15. The molecule has 1 aliphatic carbocycles. The normalized spacial score (nSPS) is 22.8. The highest BCUT2D eigenvalue weighted by atomic mass is 16.2. The molecule has 130 valence electrons. The molecule has 2 aliphatic rings. The van der Waals surface area contributed by atoms with Gasteiger partial charge in [-0.3, -0.25) is 14.5 Å². The third-order valence-electron chi connectivity index (χ3n) is 5.29. The first kappa shape index (κ1) is 17.0. The number of aryl methyl sites for hydroxylation is 1. The van der Waals surface area contributed by atoms with E-state index >= 15 is 0 Å². The van der Waals surface area contributed by atoms with Crippen molar-refractivity contribution in [1.29, 1.82) is 0 Å². The van der Waals surface area contributed by atoms with Gasteiger partial charge in [-0.05, 0) is 56.7 Å². The summed E-state index contributed by atoms with van der Waals surface area (Å²) in [6.45, 7) is 3.85. The van der Waals surface area contributed by atoms with E-state index < -0.39 is 0 Å². The van der Waals surface area contributed by atoms with Gasteiger partial charge < -0.3 is 11.1 Å². The minimum absolute atomic E-state index is 0.0348. The van der Waals surface area contributed by atoms with Gasteiger partial charge >= 0.3 is 0 Å². The van der Waals surface area contributed by atoms with Crippen molar-refractivity contribution in [3.63, 3.8) is 0 Å². The fourth-order valence-corrected chi connectivity index (χ4v) is 3.67. The number of primary amides is 1. The molecule has 0 spiro atoms. The van der Waals surface area contributed by atoms with Crippen molar-refractivity contribution in [3.05, 3.63) is 35.4 Å². The number of hydrogen-bond donors (Lipinski definition) is 2. The SMILES string of the molecule is Cc1ccccc1CC1(NC(=O)C2CCCN(CC(N)=O)C2)CC1. The molecule has 0 radical (unpaired) electrons. The van der Waals surface area contributed by atoms with Gasteiger partial charge in [-0.25, -0.2) is 0 Å². The Bertz CT molecular complexity index is 625. The molecular formula is C19H27N3O2. The maximum absolute atomic E-state index is 12.7. The highest BCUT2D eigenvalue weighted by Gasteiger charge is 2.45. The Balaban J connectivity index is 1.58. The van der Waals surface area contributed by atoms with Crippen LogP contribution >= 0.6 is 0 Å². The van der Waals surface area contributed by atoms with Crippen molar-refractivity contribution in [3.8, 4) is 0 Å². The second-order valence-electron chi connectivity index (χ2n) is 7.41. The minimum atomic E-state index is -0.325. The van der Waals surface area contributed by atoms with Gasteiger partial charge in [0.1, 0.15) is 0 Å². The van der Waals surface area contributed by atoms with Crippen LogP contribution in [0.1, 0.15) is 36.8 Å². The standard InChI is InChI=1S/C19H27N3O2/c1-14-5-2-3-6-15(14)11-19(8-9-19)21-18(24)16-7-4-10-22(12-16)13-17(20)23/h2-3,5-6,16H,4,7-13H2,1H3,(H2,20,23)(H,21,24). The van der Waals surface area contributed by atoms with Gasteiger partial charge in [0, 0.05) is 12.1 Å². The van der Waals surface area contributed by atoms with E-state index in [2.05, 4.69) is 30.4 Å². The van der Waals surface area contributed by atoms with Crippen LogP contribution < -0.4 is 11.1 Å². The van der Waals surface area contributed by atoms with Gasteiger partial charge in [0.05, 0.1) is 12.5 Å². The van der Waals surface area contributed by atoms with Crippen LogP contribution in [0.25, 0.3) is 0 Å². The monoisotopic (exact) mass is 329 g/mol. The van der Waals surface area contributed by atoms with E-state index in [0.29, 0.717) is 6.54 Å². The zero-order valence-electron chi connectivity index (χ0n) is 14.4. The lowest BCUT2D eigenvalue weighted by atomic mass is 9.95. The summed E-state index contributed by atoms with van der Waals surface area (Å²) in [5, 5.41) is 3.30.